The van der Waals surface area contributed by atoms with Crippen molar-refractivity contribution in [2.24, 2.45) is 5.73 Å². The first-order chi connectivity index (χ1) is 8.74. The molecular formula is C15H24N2S. The molecule has 100 valence electrons. The highest BCUT2D eigenvalue weighted by atomic mass is 32.2. The Labute approximate surface area is 115 Å². The molecule has 1 unspecified atom stereocenters. The fraction of sp³-hybridized carbons (Fsp3) is 0.600. The normalized spacial score (nSPS) is 20.8. The van der Waals surface area contributed by atoms with E-state index in [9.17, 15) is 0 Å². The minimum Gasteiger partial charge on any atom is -0.371 e. The molecular weight excluding hydrogens is 240 g/mol. The standard InChI is InChI=1S/C15H24N2S/c1-12-5-6-13(11-16)15(10-12)17-8-3-4-14(18-2)7-9-17/h5-6,10,14H,3-4,7-9,11,16H2,1-2H3. The highest BCUT2D eigenvalue weighted by Gasteiger charge is 2.18. The van der Waals surface area contributed by atoms with Gasteiger partial charge in [-0.15, -0.1) is 0 Å². The summed E-state index contributed by atoms with van der Waals surface area (Å²) in [6.07, 6.45) is 6.17. The molecule has 1 aromatic carbocycles. The van der Waals surface area contributed by atoms with Crippen molar-refractivity contribution in [2.45, 2.75) is 38.0 Å². The molecule has 1 fully saturated rings. The maximum Gasteiger partial charge on any atom is 0.0414 e. The second-order valence-corrected chi connectivity index (χ2v) is 6.25. The summed E-state index contributed by atoms with van der Waals surface area (Å²) in [5, 5.41) is 0.834. The summed E-state index contributed by atoms with van der Waals surface area (Å²) in [5.41, 5.74) is 9.84. The van der Waals surface area contributed by atoms with Crippen molar-refractivity contribution >= 4 is 17.4 Å². The molecule has 1 atom stereocenters. The van der Waals surface area contributed by atoms with Gasteiger partial charge in [0.2, 0.25) is 0 Å². The Balaban J connectivity index is 2.17. The average Bonchev–Trinajstić information content (AvgIpc) is 2.63. The quantitative estimate of drug-likeness (QED) is 0.909. The van der Waals surface area contributed by atoms with E-state index in [1.165, 1.54) is 49.2 Å². The van der Waals surface area contributed by atoms with Crippen LogP contribution in [-0.4, -0.2) is 24.6 Å². The van der Waals surface area contributed by atoms with Crippen LogP contribution < -0.4 is 10.6 Å². The van der Waals surface area contributed by atoms with Gasteiger partial charge in [-0.2, -0.15) is 11.8 Å². The highest BCUT2D eigenvalue weighted by Crippen LogP contribution is 2.27. The van der Waals surface area contributed by atoms with Crippen LogP contribution in [0.3, 0.4) is 0 Å². The number of thioether (sulfide) groups is 1. The fourth-order valence-electron chi connectivity index (χ4n) is 2.68. The Morgan fingerprint density at radius 2 is 2.17 bits per heavy atom. The van der Waals surface area contributed by atoms with Gasteiger partial charge in [-0.25, -0.2) is 0 Å². The van der Waals surface area contributed by atoms with E-state index in [2.05, 4.69) is 36.3 Å². The summed E-state index contributed by atoms with van der Waals surface area (Å²) < 4.78 is 0. The zero-order valence-electron chi connectivity index (χ0n) is 11.5. The molecule has 0 amide bonds. The lowest BCUT2D eigenvalue weighted by molar-refractivity contribution is 0.745. The zero-order valence-corrected chi connectivity index (χ0v) is 12.3. The van der Waals surface area contributed by atoms with Crippen molar-refractivity contribution in [1.82, 2.24) is 0 Å². The van der Waals surface area contributed by atoms with Crippen molar-refractivity contribution in [1.29, 1.82) is 0 Å². The second-order valence-electron chi connectivity index (χ2n) is 5.11. The van der Waals surface area contributed by atoms with E-state index in [1.54, 1.807) is 0 Å². The van der Waals surface area contributed by atoms with Gasteiger partial charge in [0.1, 0.15) is 0 Å². The largest absolute Gasteiger partial charge is 0.371 e. The van der Waals surface area contributed by atoms with E-state index in [0.717, 1.165) is 5.25 Å². The number of hydrogen-bond acceptors (Lipinski definition) is 3. The lowest BCUT2D eigenvalue weighted by Gasteiger charge is -2.26. The molecule has 0 radical (unpaired) electrons. The lowest BCUT2D eigenvalue weighted by Crippen LogP contribution is -2.26. The monoisotopic (exact) mass is 264 g/mol. The van der Waals surface area contributed by atoms with Gasteiger partial charge in [0, 0.05) is 30.6 Å². The second kappa shape index (κ2) is 6.48. The van der Waals surface area contributed by atoms with Crippen LogP contribution in [0, 0.1) is 6.92 Å². The summed E-state index contributed by atoms with van der Waals surface area (Å²) in [6, 6.07) is 6.64. The Morgan fingerprint density at radius 1 is 1.33 bits per heavy atom. The van der Waals surface area contributed by atoms with Gasteiger partial charge >= 0.3 is 0 Å². The van der Waals surface area contributed by atoms with Gasteiger partial charge in [-0.05, 0) is 49.6 Å². The van der Waals surface area contributed by atoms with E-state index in [1.807, 2.05) is 11.8 Å². The van der Waals surface area contributed by atoms with Crippen molar-refractivity contribution in [3.05, 3.63) is 29.3 Å². The summed E-state index contributed by atoms with van der Waals surface area (Å²) in [7, 11) is 0. The molecule has 0 saturated carbocycles. The molecule has 1 aliphatic rings. The third kappa shape index (κ3) is 3.21. The number of nitrogens with two attached hydrogens (primary N) is 1. The molecule has 2 rings (SSSR count). The van der Waals surface area contributed by atoms with E-state index < -0.39 is 0 Å². The summed E-state index contributed by atoms with van der Waals surface area (Å²) in [5.74, 6) is 0. The van der Waals surface area contributed by atoms with E-state index in [-0.39, 0.29) is 0 Å². The first-order valence-corrected chi connectivity index (χ1v) is 8.10. The Kier molecular flexibility index (Phi) is 4.95. The van der Waals surface area contributed by atoms with Crippen molar-refractivity contribution in [3.8, 4) is 0 Å². The number of aryl methyl sites for hydroxylation is 1. The van der Waals surface area contributed by atoms with Crippen LogP contribution >= 0.6 is 11.8 Å². The highest BCUT2D eigenvalue weighted by molar-refractivity contribution is 7.99. The smallest absolute Gasteiger partial charge is 0.0414 e. The molecule has 1 aromatic rings. The topological polar surface area (TPSA) is 29.3 Å². The summed E-state index contributed by atoms with van der Waals surface area (Å²) in [4.78, 5) is 2.53. The fourth-order valence-corrected chi connectivity index (χ4v) is 3.43. The number of nitrogens with zero attached hydrogens (tertiary/aromatic N) is 1. The molecule has 2 nitrogen and oxygen atoms in total. The molecule has 2 N–H and O–H groups in total. The molecule has 0 spiro atoms. The van der Waals surface area contributed by atoms with Crippen molar-refractivity contribution in [3.63, 3.8) is 0 Å². The SMILES string of the molecule is CSC1CCCN(c2cc(C)ccc2CN)CC1. The van der Waals surface area contributed by atoms with Gasteiger partial charge in [-0.3, -0.25) is 0 Å². The predicted octanol–water partition coefficient (Wildman–Crippen LogP) is 3.18. The number of hydrogen-bond donors (Lipinski definition) is 1. The lowest BCUT2D eigenvalue weighted by atomic mass is 10.1. The zero-order chi connectivity index (χ0) is 13.0. The van der Waals surface area contributed by atoms with Gasteiger partial charge in [0.25, 0.3) is 0 Å². The number of rotatable bonds is 3. The summed E-state index contributed by atoms with van der Waals surface area (Å²) >= 11 is 2.02. The molecule has 1 aliphatic heterocycles. The third-order valence-corrected chi connectivity index (χ3v) is 4.95. The van der Waals surface area contributed by atoms with Gasteiger partial charge in [0.05, 0.1) is 0 Å². The van der Waals surface area contributed by atoms with Crippen LogP contribution in [0.25, 0.3) is 0 Å². The number of anilines is 1. The van der Waals surface area contributed by atoms with Crippen LogP contribution in [0.2, 0.25) is 0 Å². The van der Waals surface area contributed by atoms with Crippen molar-refractivity contribution < 1.29 is 0 Å². The van der Waals surface area contributed by atoms with Crippen LogP contribution in [0.5, 0.6) is 0 Å². The molecule has 18 heavy (non-hydrogen) atoms. The van der Waals surface area contributed by atoms with Gasteiger partial charge in [0.15, 0.2) is 0 Å². The van der Waals surface area contributed by atoms with E-state index in [0.29, 0.717) is 6.54 Å². The predicted molar refractivity (Wildman–Crippen MR) is 82.4 cm³/mol. The molecule has 0 bridgehead atoms. The van der Waals surface area contributed by atoms with E-state index in [4.69, 9.17) is 5.73 Å². The van der Waals surface area contributed by atoms with E-state index >= 15 is 0 Å². The maximum absolute atomic E-state index is 5.87. The van der Waals surface area contributed by atoms with Gasteiger partial charge < -0.3 is 10.6 Å². The van der Waals surface area contributed by atoms with Crippen LogP contribution in [0.1, 0.15) is 30.4 Å². The summed E-state index contributed by atoms with van der Waals surface area (Å²) in [6.45, 7) is 5.14. The minimum absolute atomic E-state index is 0.637. The molecule has 1 heterocycles. The first-order valence-electron chi connectivity index (χ1n) is 6.82. The Hall–Kier alpha value is -0.670. The van der Waals surface area contributed by atoms with Crippen molar-refractivity contribution in [2.75, 3.05) is 24.2 Å². The Morgan fingerprint density at radius 3 is 2.89 bits per heavy atom. The number of benzene rings is 1. The maximum atomic E-state index is 5.87. The molecule has 1 saturated heterocycles. The van der Waals surface area contributed by atoms with Crippen LogP contribution in [-0.2, 0) is 6.54 Å². The average molecular weight is 264 g/mol. The molecule has 3 heteroatoms. The molecule has 0 aliphatic carbocycles. The van der Waals surface area contributed by atoms with Crippen LogP contribution in [0.15, 0.2) is 18.2 Å². The minimum atomic E-state index is 0.637. The van der Waals surface area contributed by atoms with Gasteiger partial charge in [-0.1, -0.05) is 12.1 Å². The third-order valence-electron chi connectivity index (χ3n) is 3.81. The Bertz CT molecular complexity index is 392. The van der Waals surface area contributed by atoms with Crippen LogP contribution in [0.4, 0.5) is 5.69 Å². The first kappa shape index (κ1) is 13.8. The molecule has 0 aromatic heterocycles.